The van der Waals surface area contributed by atoms with Gasteiger partial charge in [0.25, 0.3) is 0 Å². The molecular formula is C19H19N3O2S. The van der Waals surface area contributed by atoms with E-state index in [1.54, 1.807) is 24.4 Å². The van der Waals surface area contributed by atoms with Gasteiger partial charge in [0.15, 0.2) is 0 Å². The molecule has 3 heterocycles. The van der Waals surface area contributed by atoms with Crippen molar-refractivity contribution in [2.24, 2.45) is 0 Å². The molecule has 0 atom stereocenters. The van der Waals surface area contributed by atoms with Gasteiger partial charge in [-0.05, 0) is 43.2 Å². The highest BCUT2D eigenvalue weighted by Gasteiger charge is 2.24. The van der Waals surface area contributed by atoms with Gasteiger partial charge in [0.1, 0.15) is 0 Å². The fourth-order valence-electron chi connectivity index (χ4n) is 3.31. The van der Waals surface area contributed by atoms with Crippen LogP contribution in [0, 0.1) is 6.92 Å². The summed E-state index contributed by atoms with van der Waals surface area (Å²) in [7, 11) is -3.62. The Labute approximate surface area is 146 Å². The number of nitrogens with one attached hydrogen (secondary N) is 2. The van der Waals surface area contributed by atoms with Crippen LogP contribution in [0.2, 0.25) is 0 Å². The topological polar surface area (TPSA) is 74.8 Å². The molecule has 6 heteroatoms. The molecule has 1 aliphatic heterocycles. The molecule has 128 valence electrons. The second-order valence-electron chi connectivity index (χ2n) is 6.19. The average molecular weight is 353 g/mol. The standard InChI is InChI=1S/C19H19N3O2S/c1-13-4-2-3-5-16(13)25(23,24)17-8-11-21-18-15(12-22-19(17)18)14-6-9-20-10-7-14/h2-6,8,11-12,20,22H,7,9-10H2,1H3. The van der Waals surface area contributed by atoms with Crippen LogP contribution in [-0.4, -0.2) is 31.5 Å². The molecular weight excluding hydrogens is 334 g/mol. The summed E-state index contributed by atoms with van der Waals surface area (Å²) in [4.78, 5) is 8.20. The summed E-state index contributed by atoms with van der Waals surface area (Å²) in [5.41, 5.74) is 4.20. The monoisotopic (exact) mass is 353 g/mol. The van der Waals surface area contributed by atoms with E-state index in [0.29, 0.717) is 15.9 Å². The Balaban J connectivity index is 1.91. The summed E-state index contributed by atoms with van der Waals surface area (Å²) >= 11 is 0. The summed E-state index contributed by atoms with van der Waals surface area (Å²) in [6.07, 6.45) is 6.48. The zero-order valence-electron chi connectivity index (χ0n) is 13.9. The average Bonchev–Trinajstić information content (AvgIpc) is 3.06. The van der Waals surface area contributed by atoms with Gasteiger partial charge < -0.3 is 10.3 Å². The molecule has 0 radical (unpaired) electrons. The lowest BCUT2D eigenvalue weighted by atomic mass is 10.0. The third-order valence-electron chi connectivity index (χ3n) is 4.61. The number of aromatic nitrogens is 2. The van der Waals surface area contributed by atoms with Crippen LogP contribution >= 0.6 is 0 Å². The van der Waals surface area contributed by atoms with Gasteiger partial charge in [-0.3, -0.25) is 4.98 Å². The van der Waals surface area contributed by atoms with E-state index >= 15 is 0 Å². The molecule has 0 aliphatic carbocycles. The number of rotatable bonds is 3. The highest BCUT2D eigenvalue weighted by atomic mass is 32.2. The number of H-pyrrole nitrogens is 1. The highest BCUT2D eigenvalue weighted by molar-refractivity contribution is 7.91. The second-order valence-corrected chi connectivity index (χ2v) is 8.07. The lowest BCUT2D eigenvalue weighted by Gasteiger charge is -2.13. The van der Waals surface area contributed by atoms with E-state index in [1.165, 1.54) is 5.57 Å². The van der Waals surface area contributed by atoms with Crippen molar-refractivity contribution in [2.75, 3.05) is 13.1 Å². The summed E-state index contributed by atoms with van der Waals surface area (Å²) in [6.45, 7) is 3.55. The molecule has 0 saturated carbocycles. The Morgan fingerprint density at radius 3 is 2.72 bits per heavy atom. The predicted octanol–water partition coefficient (Wildman–Crippen LogP) is 3.08. The molecule has 0 unspecified atom stereocenters. The summed E-state index contributed by atoms with van der Waals surface area (Å²) < 4.78 is 26.4. The minimum Gasteiger partial charge on any atom is -0.358 e. The molecule has 2 N–H and O–H groups in total. The van der Waals surface area contributed by atoms with Gasteiger partial charge in [0, 0.05) is 24.5 Å². The number of pyridine rings is 1. The van der Waals surface area contributed by atoms with Crippen molar-refractivity contribution >= 4 is 26.4 Å². The molecule has 0 saturated heterocycles. The molecule has 0 amide bonds. The van der Waals surface area contributed by atoms with E-state index in [0.717, 1.165) is 30.6 Å². The number of aromatic amines is 1. The fraction of sp³-hybridized carbons (Fsp3) is 0.211. The highest BCUT2D eigenvalue weighted by Crippen LogP contribution is 2.32. The van der Waals surface area contributed by atoms with Gasteiger partial charge in [-0.15, -0.1) is 0 Å². The molecule has 0 fully saturated rings. The third kappa shape index (κ3) is 2.67. The van der Waals surface area contributed by atoms with Crippen molar-refractivity contribution < 1.29 is 8.42 Å². The summed E-state index contributed by atoms with van der Waals surface area (Å²) in [5, 5.41) is 3.29. The van der Waals surface area contributed by atoms with Crippen molar-refractivity contribution in [3.05, 3.63) is 59.9 Å². The van der Waals surface area contributed by atoms with Crippen LogP contribution in [0.25, 0.3) is 16.6 Å². The first-order valence-electron chi connectivity index (χ1n) is 8.26. The van der Waals surface area contributed by atoms with Crippen LogP contribution in [0.5, 0.6) is 0 Å². The maximum atomic E-state index is 13.2. The number of aryl methyl sites for hydroxylation is 1. The number of nitrogens with zero attached hydrogens (tertiary/aromatic N) is 1. The Kier molecular flexibility index (Phi) is 3.94. The number of sulfone groups is 1. The van der Waals surface area contributed by atoms with Crippen LogP contribution in [0.1, 0.15) is 17.5 Å². The predicted molar refractivity (Wildman–Crippen MR) is 98.2 cm³/mol. The second kappa shape index (κ2) is 6.13. The molecule has 5 nitrogen and oxygen atoms in total. The van der Waals surface area contributed by atoms with Gasteiger partial charge >= 0.3 is 0 Å². The van der Waals surface area contributed by atoms with Gasteiger partial charge in [-0.2, -0.15) is 0 Å². The molecule has 0 bridgehead atoms. The smallest absolute Gasteiger partial charge is 0.209 e. The summed E-state index contributed by atoms with van der Waals surface area (Å²) in [5.74, 6) is 0. The minimum absolute atomic E-state index is 0.271. The Hall–Kier alpha value is -2.44. The normalized spacial score (nSPS) is 15.3. The van der Waals surface area contributed by atoms with Gasteiger partial charge in [0.2, 0.25) is 9.84 Å². The summed E-state index contributed by atoms with van der Waals surface area (Å²) in [6, 6.07) is 8.62. The molecule has 2 aromatic heterocycles. The number of fused-ring (bicyclic) bond motifs is 1. The Bertz CT molecular complexity index is 1080. The van der Waals surface area contributed by atoms with Crippen molar-refractivity contribution in [2.45, 2.75) is 23.1 Å². The van der Waals surface area contributed by atoms with E-state index in [2.05, 4.69) is 21.4 Å². The first-order valence-corrected chi connectivity index (χ1v) is 9.74. The SMILES string of the molecule is Cc1ccccc1S(=O)(=O)c1ccnc2c(C3=CCNCC3)c[nH]c12. The molecule has 1 aliphatic rings. The zero-order valence-corrected chi connectivity index (χ0v) is 14.7. The fourth-order valence-corrected chi connectivity index (χ4v) is 4.96. The quantitative estimate of drug-likeness (QED) is 0.759. The van der Waals surface area contributed by atoms with Crippen LogP contribution in [-0.2, 0) is 9.84 Å². The first kappa shape index (κ1) is 16.1. The molecule has 3 aromatic rings. The number of benzene rings is 1. The van der Waals surface area contributed by atoms with Gasteiger partial charge in [-0.1, -0.05) is 24.3 Å². The lowest BCUT2D eigenvalue weighted by molar-refractivity contribution is 0.596. The van der Waals surface area contributed by atoms with E-state index in [-0.39, 0.29) is 4.90 Å². The Morgan fingerprint density at radius 1 is 1.12 bits per heavy atom. The van der Waals surface area contributed by atoms with Crippen molar-refractivity contribution in [1.82, 2.24) is 15.3 Å². The minimum atomic E-state index is -3.62. The van der Waals surface area contributed by atoms with E-state index in [9.17, 15) is 8.42 Å². The van der Waals surface area contributed by atoms with Crippen LogP contribution in [0.4, 0.5) is 0 Å². The zero-order chi connectivity index (χ0) is 17.4. The molecule has 4 rings (SSSR count). The first-order chi connectivity index (χ1) is 12.1. The van der Waals surface area contributed by atoms with Crippen molar-refractivity contribution in [3.63, 3.8) is 0 Å². The van der Waals surface area contributed by atoms with Gasteiger partial charge in [0.05, 0.1) is 20.8 Å². The number of hydrogen-bond donors (Lipinski definition) is 2. The van der Waals surface area contributed by atoms with E-state index < -0.39 is 9.84 Å². The Morgan fingerprint density at radius 2 is 1.96 bits per heavy atom. The van der Waals surface area contributed by atoms with E-state index in [4.69, 9.17) is 0 Å². The van der Waals surface area contributed by atoms with E-state index in [1.807, 2.05) is 25.3 Å². The van der Waals surface area contributed by atoms with Crippen molar-refractivity contribution in [3.8, 4) is 0 Å². The van der Waals surface area contributed by atoms with Crippen molar-refractivity contribution in [1.29, 1.82) is 0 Å². The van der Waals surface area contributed by atoms with Crippen LogP contribution in [0.3, 0.4) is 0 Å². The number of hydrogen-bond acceptors (Lipinski definition) is 4. The molecule has 1 aromatic carbocycles. The third-order valence-corrected chi connectivity index (χ3v) is 6.57. The largest absolute Gasteiger partial charge is 0.358 e. The van der Waals surface area contributed by atoms with Crippen LogP contribution < -0.4 is 5.32 Å². The maximum Gasteiger partial charge on any atom is 0.209 e. The molecule has 0 spiro atoms. The van der Waals surface area contributed by atoms with Gasteiger partial charge in [-0.25, -0.2) is 8.42 Å². The van der Waals surface area contributed by atoms with Crippen LogP contribution in [0.15, 0.2) is 58.6 Å². The maximum absolute atomic E-state index is 13.2. The lowest BCUT2D eigenvalue weighted by Crippen LogP contribution is -2.19. The molecule has 25 heavy (non-hydrogen) atoms.